The van der Waals surface area contributed by atoms with Gasteiger partial charge in [0.1, 0.15) is 4.21 Å². The quantitative estimate of drug-likeness (QED) is 0.477. The summed E-state index contributed by atoms with van der Waals surface area (Å²) < 4.78 is 24.9. The molecule has 11 heteroatoms. The Morgan fingerprint density at radius 3 is 2.37 bits per heavy atom. The summed E-state index contributed by atoms with van der Waals surface area (Å²) in [5.41, 5.74) is 4.92. The van der Waals surface area contributed by atoms with Crippen LogP contribution in [0.25, 0.3) is 0 Å². The van der Waals surface area contributed by atoms with Crippen LogP contribution in [-0.4, -0.2) is 53.2 Å². The van der Waals surface area contributed by atoms with Crippen LogP contribution in [-0.2, 0) is 10.0 Å². The summed E-state index contributed by atoms with van der Waals surface area (Å²) in [4.78, 5) is 9.87. The summed E-state index contributed by atoms with van der Waals surface area (Å²) in [6, 6.07) is 0.881. The van der Waals surface area contributed by atoms with Gasteiger partial charge in [0.15, 0.2) is 5.00 Å². The maximum absolute atomic E-state index is 12.1. The Morgan fingerprint density at radius 1 is 1.42 bits per heavy atom. The highest BCUT2D eigenvalue weighted by Gasteiger charge is 2.39. The Kier molecular flexibility index (Phi) is 3.49. The summed E-state index contributed by atoms with van der Waals surface area (Å²) in [5, 5.41) is 29.1. The molecule has 0 aliphatic carbocycles. The highest BCUT2D eigenvalue weighted by molar-refractivity contribution is 7.91. The van der Waals surface area contributed by atoms with Crippen LogP contribution in [0.1, 0.15) is 0 Å². The molecule has 1 fully saturated rings. The smallest absolute Gasteiger partial charge is 0.304 e. The number of sulfonamides is 1. The second-order valence-corrected chi connectivity index (χ2v) is 7.28. The normalized spacial score (nSPS) is 24.7. The number of anilines is 1. The summed E-state index contributed by atoms with van der Waals surface area (Å²) >= 11 is 0.582. The van der Waals surface area contributed by atoms with E-state index in [1.165, 1.54) is 0 Å². The SMILES string of the molecule is Nc1sc(S(=O)(=O)N2CC(O)C(O)C2)cc1[N+](=O)[O-]. The van der Waals surface area contributed by atoms with E-state index in [-0.39, 0.29) is 22.3 Å². The van der Waals surface area contributed by atoms with E-state index in [2.05, 4.69) is 0 Å². The maximum Gasteiger partial charge on any atom is 0.304 e. The van der Waals surface area contributed by atoms with E-state index in [0.29, 0.717) is 11.3 Å². The Hall–Kier alpha value is -1.27. The number of aliphatic hydroxyl groups excluding tert-OH is 2. The van der Waals surface area contributed by atoms with E-state index < -0.39 is 32.8 Å². The van der Waals surface area contributed by atoms with Crippen molar-refractivity contribution in [3.63, 3.8) is 0 Å². The molecule has 1 aromatic rings. The first kappa shape index (κ1) is 14.1. The van der Waals surface area contributed by atoms with Gasteiger partial charge in [-0.25, -0.2) is 8.42 Å². The van der Waals surface area contributed by atoms with Crippen molar-refractivity contribution in [2.75, 3.05) is 18.8 Å². The number of aliphatic hydroxyl groups is 2. The van der Waals surface area contributed by atoms with Crippen LogP contribution in [0, 0.1) is 10.1 Å². The average molecular weight is 309 g/mol. The zero-order valence-corrected chi connectivity index (χ0v) is 11.1. The minimum absolute atomic E-state index is 0.205. The molecule has 4 N–H and O–H groups in total. The van der Waals surface area contributed by atoms with Crippen molar-refractivity contribution in [3.05, 3.63) is 16.2 Å². The first-order valence-corrected chi connectivity index (χ1v) is 7.39. The number of thiophene rings is 1. The molecule has 0 saturated carbocycles. The van der Waals surface area contributed by atoms with Crippen molar-refractivity contribution in [2.24, 2.45) is 0 Å². The van der Waals surface area contributed by atoms with Gasteiger partial charge >= 0.3 is 5.69 Å². The Labute approximate surface area is 112 Å². The number of nitrogen functional groups attached to an aromatic ring is 1. The minimum atomic E-state index is -3.99. The molecule has 0 spiro atoms. The van der Waals surface area contributed by atoms with Gasteiger partial charge in [-0.15, -0.1) is 0 Å². The van der Waals surface area contributed by atoms with Gasteiger partial charge in [-0.2, -0.15) is 4.31 Å². The van der Waals surface area contributed by atoms with E-state index in [1.54, 1.807) is 0 Å². The first-order valence-electron chi connectivity index (χ1n) is 5.13. The van der Waals surface area contributed by atoms with Crippen molar-refractivity contribution in [1.82, 2.24) is 4.31 Å². The number of nitrogens with zero attached hydrogens (tertiary/aromatic N) is 2. The predicted molar refractivity (Wildman–Crippen MR) is 66.2 cm³/mol. The molecule has 1 saturated heterocycles. The number of rotatable bonds is 3. The third kappa shape index (κ3) is 2.42. The van der Waals surface area contributed by atoms with Crippen LogP contribution in [0.4, 0.5) is 10.7 Å². The average Bonchev–Trinajstić information content (AvgIpc) is 2.84. The molecule has 19 heavy (non-hydrogen) atoms. The van der Waals surface area contributed by atoms with Crippen LogP contribution in [0.2, 0.25) is 0 Å². The van der Waals surface area contributed by atoms with Gasteiger partial charge in [0, 0.05) is 19.2 Å². The van der Waals surface area contributed by atoms with E-state index in [0.717, 1.165) is 10.4 Å². The van der Waals surface area contributed by atoms with Gasteiger partial charge in [0.2, 0.25) is 0 Å². The molecular formula is C8H11N3O6S2. The van der Waals surface area contributed by atoms with Crippen molar-refractivity contribution < 1.29 is 23.6 Å². The van der Waals surface area contributed by atoms with Crippen LogP contribution < -0.4 is 5.73 Å². The molecule has 2 rings (SSSR count). The fourth-order valence-electron chi connectivity index (χ4n) is 1.70. The number of nitrogens with two attached hydrogens (primary N) is 1. The van der Waals surface area contributed by atoms with Crippen molar-refractivity contribution >= 4 is 32.0 Å². The largest absolute Gasteiger partial charge is 0.389 e. The monoisotopic (exact) mass is 309 g/mol. The predicted octanol–water partition coefficient (Wildman–Crippen LogP) is -1.04. The molecule has 2 atom stereocenters. The lowest BCUT2D eigenvalue weighted by atomic mass is 10.3. The minimum Gasteiger partial charge on any atom is -0.389 e. The number of nitro groups is 1. The fraction of sp³-hybridized carbons (Fsp3) is 0.500. The molecule has 1 aliphatic rings. The van der Waals surface area contributed by atoms with E-state index in [9.17, 15) is 28.7 Å². The van der Waals surface area contributed by atoms with Crippen LogP contribution in [0.5, 0.6) is 0 Å². The van der Waals surface area contributed by atoms with Gasteiger partial charge in [-0.1, -0.05) is 11.3 Å². The number of hydrogen-bond acceptors (Lipinski definition) is 8. The molecule has 9 nitrogen and oxygen atoms in total. The highest BCUT2D eigenvalue weighted by Crippen LogP contribution is 2.36. The van der Waals surface area contributed by atoms with E-state index >= 15 is 0 Å². The molecule has 1 aromatic heterocycles. The Balaban J connectivity index is 2.35. The molecule has 0 amide bonds. The Morgan fingerprint density at radius 2 is 1.95 bits per heavy atom. The van der Waals surface area contributed by atoms with Gasteiger partial charge in [-0.3, -0.25) is 10.1 Å². The zero-order chi connectivity index (χ0) is 14.4. The molecule has 0 radical (unpaired) electrons. The van der Waals surface area contributed by atoms with Crippen LogP contribution in [0.15, 0.2) is 10.3 Å². The lowest BCUT2D eigenvalue weighted by molar-refractivity contribution is -0.383. The molecule has 2 unspecified atom stereocenters. The molecule has 0 aromatic carbocycles. The zero-order valence-electron chi connectivity index (χ0n) is 9.46. The second kappa shape index (κ2) is 4.68. The summed E-state index contributed by atoms with van der Waals surface area (Å²) in [7, 11) is -3.99. The number of hydrogen-bond donors (Lipinski definition) is 3. The standard InChI is InChI=1S/C8H11N3O6S2/c9-8-4(11(14)15)1-7(18-8)19(16,17)10-2-5(12)6(13)3-10/h1,5-6,12-13H,2-3,9H2. The van der Waals surface area contributed by atoms with Crippen molar-refractivity contribution in [1.29, 1.82) is 0 Å². The lowest BCUT2D eigenvalue weighted by Gasteiger charge is -2.13. The molecular weight excluding hydrogens is 298 g/mol. The second-order valence-electron chi connectivity index (χ2n) is 4.03. The summed E-state index contributed by atoms with van der Waals surface area (Å²) in [5.74, 6) is 0. The van der Waals surface area contributed by atoms with E-state index in [4.69, 9.17) is 5.73 Å². The molecule has 2 heterocycles. The third-order valence-electron chi connectivity index (χ3n) is 2.73. The van der Waals surface area contributed by atoms with Crippen LogP contribution in [0.3, 0.4) is 0 Å². The van der Waals surface area contributed by atoms with Gasteiger partial charge in [0.25, 0.3) is 10.0 Å². The fourth-order valence-corrected chi connectivity index (χ4v) is 4.55. The Bertz CT molecular complexity index is 602. The first-order chi connectivity index (χ1) is 8.73. The van der Waals surface area contributed by atoms with E-state index in [1.807, 2.05) is 0 Å². The van der Waals surface area contributed by atoms with Gasteiger partial charge in [0.05, 0.1) is 17.1 Å². The van der Waals surface area contributed by atoms with Gasteiger partial charge in [-0.05, 0) is 0 Å². The summed E-state index contributed by atoms with van der Waals surface area (Å²) in [6.07, 6.45) is -2.33. The number of β-amino-alcohol motifs (C(OH)–C–C–N with tert-alkyl or cyclic N) is 2. The molecule has 106 valence electrons. The van der Waals surface area contributed by atoms with Gasteiger partial charge < -0.3 is 15.9 Å². The summed E-state index contributed by atoms with van der Waals surface area (Å²) in [6.45, 7) is -0.510. The lowest BCUT2D eigenvalue weighted by Crippen LogP contribution is -2.29. The highest BCUT2D eigenvalue weighted by atomic mass is 32.2. The maximum atomic E-state index is 12.1. The van der Waals surface area contributed by atoms with Crippen molar-refractivity contribution in [3.8, 4) is 0 Å². The van der Waals surface area contributed by atoms with Crippen molar-refractivity contribution in [2.45, 2.75) is 16.4 Å². The topological polar surface area (TPSA) is 147 Å². The van der Waals surface area contributed by atoms with Crippen LogP contribution >= 0.6 is 11.3 Å². The third-order valence-corrected chi connectivity index (χ3v) is 5.97. The molecule has 0 bridgehead atoms. The molecule has 1 aliphatic heterocycles.